The van der Waals surface area contributed by atoms with Crippen molar-refractivity contribution in [2.45, 2.75) is 37.8 Å². The molecule has 1 amide bonds. The lowest BCUT2D eigenvalue weighted by Gasteiger charge is -2.41. The van der Waals surface area contributed by atoms with Gasteiger partial charge in [0.05, 0.1) is 22.9 Å². The number of benzene rings is 1. The van der Waals surface area contributed by atoms with E-state index in [1.54, 1.807) is 24.3 Å². The van der Waals surface area contributed by atoms with Crippen LogP contribution in [0.3, 0.4) is 0 Å². The lowest BCUT2D eigenvalue weighted by Crippen LogP contribution is -2.56. The zero-order chi connectivity index (χ0) is 17.3. The summed E-state index contributed by atoms with van der Waals surface area (Å²) in [6.45, 7) is -0.444. The number of carbonyl (C=O) groups excluding carboxylic acids is 1. The van der Waals surface area contributed by atoms with Crippen LogP contribution in [0.25, 0.3) is 10.9 Å². The molecule has 0 radical (unpaired) electrons. The van der Waals surface area contributed by atoms with Crippen LogP contribution in [0.4, 0.5) is 0 Å². The van der Waals surface area contributed by atoms with E-state index in [0.717, 1.165) is 11.0 Å². The number of carboxylic acids is 1. The fraction of sp³-hybridized carbons (Fsp3) is 0.375. The van der Waals surface area contributed by atoms with Gasteiger partial charge in [-0.15, -0.1) is 0 Å². The summed E-state index contributed by atoms with van der Waals surface area (Å²) in [5.41, 5.74) is -1.58. The van der Waals surface area contributed by atoms with E-state index in [1.165, 1.54) is 0 Å². The quantitative estimate of drug-likeness (QED) is 0.723. The van der Waals surface area contributed by atoms with Gasteiger partial charge in [0.15, 0.2) is 0 Å². The van der Waals surface area contributed by atoms with E-state index in [0.29, 0.717) is 23.7 Å². The molecule has 3 rings (SSSR count). The van der Waals surface area contributed by atoms with Crippen molar-refractivity contribution < 1.29 is 14.7 Å². The molecule has 0 atom stereocenters. The number of aliphatic carboxylic acids is 1. The molecule has 3 N–H and O–H groups in total. The summed E-state index contributed by atoms with van der Waals surface area (Å²) in [6, 6.07) is 6.54. The molecular weight excluding hydrogens is 314 g/mol. The molecule has 1 aliphatic carbocycles. The molecule has 1 heterocycles. The van der Waals surface area contributed by atoms with Gasteiger partial charge >= 0.3 is 11.7 Å². The lowest BCUT2D eigenvalue weighted by atomic mass is 9.74. The summed E-state index contributed by atoms with van der Waals surface area (Å²) >= 11 is 0. The molecule has 1 aliphatic rings. The van der Waals surface area contributed by atoms with Crippen LogP contribution in [0.5, 0.6) is 0 Å². The van der Waals surface area contributed by atoms with Crippen molar-refractivity contribution in [3.05, 3.63) is 45.1 Å². The van der Waals surface area contributed by atoms with Crippen molar-refractivity contribution in [3.63, 3.8) is 0 Å². The molecule has 1 aromatic carbocycles. The number of H-pyrrole nitrogens is 1. The average Bonchev–Trinajstić information content (AvgIpc) is 2.49. The minimum Gasteiger partial charge on any atom is -0.481 e. The number of nitrogens with zero attached hydrogens (tertiary/aromatic N) is 1. The Kier molecular flexibility index (Phi) is 3.96. The Balaban J connectivity index is 1.85. The molecule has 1 fully saturated rings. The molecule has 0 spiro atoms. The van der Waals surface area contributed by atoms with Crippen molar-refractivity contribution in [2.75, 3.05) is 0 Å². The molecule has 0 saturated heterocycles. The Bertz CT molecular complexity index is 923. The SMILES string of the molecule is O=C(O)CC1(NC(=O)Cn2c(=O)[nH]c3ccccc3c2=O)CCC1. The van der Waals surface area contributed by atoms with Crippen molar-refractivity contribution in [1.82, 2.24) is 14.9 Å². The first kappa shape index (κ1) is 16.0. The smallest absolute Gasteiger partial charge is 0.329 e. The van der Waals surface area contributed by atoms with Crippen molar-refractivity contribution >= 4 is 22.8 Å². The third-order valence-corrected chi connectivity index (χ3v) is 4.40. The molecule has 1 saturated carbocycles. The van der Waals surface area contributed by atoms with Crippen LogP contribution in [0.2, 0.25) is 0 Å². The molecule has 24 heavy (non-hydrogen) atoms. The molecule has 1 aromatic heterocycles. The number of aromatic nitrogens is 2. The Morgan fingerprint density at radius 2 is 1.96 bits per heavy atom. The summed E-state index contributed by atoms with van der Waals surface area (Å²) in [6.07, 6.45) is 1.83. The van der Waals surface area contributed by atoms with Crippen molar-refractivity contribution in [1.29, 1.82) is 0 Å². The van der Waals surface area contributed by atoms with Crippen molar-refractivity contribution in [2.24, 2.45) is 0 Å². The van der Waals surface area contributed by atoms with Gasteiger partial charge in [-0.3, -0.25) is 19.0 Å². The molecule has 0 bridgehead atoms. The summed E-state index contributed by atoms with van der Waals surface area (Å²) < 4.78 is 0.824. The maximum Gasteiger partial charge on any atom is 0.329 e. The fourth-order valence-electron chi connectivity index (χ4n) is 3.06. The first-order valence-electron chi connectivity index (χ1n) is 7.65. The maximum absolute atomic E-state index is 12.4. The maximum atomic E-state index is 12.4. The molecule has 8 nitrogen and oxygen atoms in total. The van der Waals surface area contributed by atoms with Gasteiger partial charge in [0.25, 0.3) is 5.56 Å². The Labute approximate surface area is 136 Å². The number of para-hydroxylation sites is 1. The molecule has 126 valence electrons. The van der Waals surface area contributed by atoms with Crippen LogP contribution in [-0.2, 0) is 16.1 Å². The average molecular weight is 331 g/mol. The van der Waals surface area contributed by atoms with Crippen LogP contribution < -0.4 is 16.6 Å². The van der Waals surface area contributed by atoms with Gasteiger partial charge in [-0.25, -0.2) is 4.79 Å². The van der Waals surface area contributed by atoms with Gasteiger partial charge in [-0.05, 0) is 31.4 Å². The number of nitrogens with one attached hydrogen (secondary N) is 2. The molecule has 0 unspecified atom stereocenters. The highest BCUT2D eigenvalue weighted by molar-refractivity contribution is 5.80. The van der Waals surface area contributed by atoms with Crippen LogP contribution in [0.1, 0.15) is 25.7 Å². The molecule has 0 aliphatic heterocycles. The highest BCUT2D eigenvalue weighted by atomic mass is 16.4. The zero-order valence-corrected chi connectivity index (χ0v) is 12.9. The molecule has 2 aromatic rings. The van der Waals surface area contributed by atoms with E-state index in [1.807, 2.05) is 0 Å². The zero-order valence-electron chi connectivity index (χ0n) is 12.9. The highest BCUT2D eigenvalue weighted by Gasteiger charge is 2.40. The number of hydrogen-bond donors (Lipinski definition) is 3. The number of amides is 1. The summed E-state index contributed by atoms with van der Waals surface area (Å²) in [5, 5.41) is 12.0. The minimum atomic E-state index is -0.990. The lowest BCUT2D eigenvalue weighted by molar-refractivity contribution is -0.140. The second-order valence-corrected chi connectivity index (χ2v) is 6.12. The van der Waals surface area contributed by atoms with E-state index < -0.39 is 35.2 Å². The Morgan fingerprint density at radius 3 is 2.58 bits per heavy atom. The van der Waals surface area contributed by atoms with E-state index >= 15 is 0 Å². The van der Waals surface area contributed by atoms with Gasteiger partial charge in [0.1, 0.15) is 6.54 Å². The number of fused-ring (bicyclic) bond motifs is 1. The van der Waals surface area contributed by atoms with Crippen LogP contribution in [0.15, 0.2) is 33.9 Å². The summed E-state index contributed by atoms with van der Waals surface area (Å²) in [4.78, 5) is 50.2. The van der Waals surface area contributed by atoms with Crippen LogP contribution in [-0.4, -0.2) is 32.1 Å². The number of carbonyl (C=O) groups is 2. The van der Waals surface area contributed by atoms with E-state index in [-0.39, 0.29) is 6.42 Å². The number of aromatic amines is 1. The van der Waals surface area contributed by atoms with E-state index in [4.69, 9.17) is 5.11 Å². The Morgan fingerprint density at radius 1 is 1.25 bits per heavy atom. The third kappa shape index (κ3) is 2.94. The van der Waals surface area contributed by atoms with Gasteiger partial charge in [-0.1, -0.05) is 12.1 Å². The predicted octanol–water partition coefficient (Wildman–Crippen LogP) is 0.203. The standard InChI is InChI=1S/C16H17N3O5/c20-12(18-16(6-3-7-16)8-13(21)22)9-19-14(23)10-4-1-2-5-11(10)17-15(19)24/h1-2,4-5H,3,6-9H2,(H,17,24)(H,18,20)(H,21,22). The summed E-state index contributed by atoms with van der Waals surface area (Å²) in [7, 11) is 0. The third-order valence-electron chi connectivity index (χ3n) is 4.40. The molecular formula is C16H17N3O5. The summed E-state index contributed by atoms with van der Waals surface area (Å²) in [5.74, 6) is -1.53. The van der Waals surface area contributed by atoms with Gasteiger partial charge < -0.3 is 15.4 Å². The van der Waals surface area contributed by atoms with Gasteiger partial charge in [-0.2, -0.15) is 0 Å². The first-order valence-corrected chi connectivity index (χ1v) is 7.65. The van der Waals surface area contributed by atoms with Crippen LogP contribution in [0, 0.1) is 0 Å². The monoisotopic (exact) mass is 331 g/mol. The second kappa shape index (κ2) is 5.95. The van der Waals surface area contributed by atoms with Crippen molar-refractivity contribution in [3.8, 4) is 0 Å². The first-order chi connectivity index (χ1) is 11.4. The number of hydrogen-bond acceptors (Lipinski definition) is 4. The Hall–Kier alpha value is -2.90. The molecule has 8 heteroatoms. The minimum absolute atomic E-state index is 0.165. The number of carboxylic acid groups (broad SMARTS) is 1. The highest BCUT2D eigenvalue weighted by Crippen LogP contribution is 2.34. The number of rotatable bonds is 5. The van der Waals surface area contributed by atoms with Gasteiger partial charge in [0.2, 0.25) is 5.91 Å². The van der Waals surface area contributed by atoms with E-state index in [2.05, 4.69) is 10.3 Å². The predicted molar refractivity (Wildman–Crippen MR) is 85.8 cm³/mol. The van der Waals surface area contributed by atoms with Crippen LogP contribution >= 0.6 is 0 Å². The van der Waals surface area contributed by atoms with Gasteiger partial charge in [0, 0.05) is 0 Å². The van der Waals surface area contributed by atoms with E-state index in [9.17, 15) is 19.2 Å². The topological polar surface area (TPSA) is 121 Å². The fourth-order valence-corrected chi connectivity index (χ4v) is 3.06. The normalized spacial score (nSPS) is 15.7. The second-order valence-electron chi connectivity index (χ2n) is 6.12. The largest absolute Gasteiger partial charge is 0.481 e.